The molecule has 1 aromatic rings. The third-order valence-electron chi connectivity index (χ3n) is 3.51. The fourth-order valence-corrected chi connectivity index (χ4v) is 4.57. The molecule has 0 radical (unpaired) electrons. The first kappa shape index (κ1) is 15.4. The zero-order chi connectivity index (χ0) is 14.9. The van der Waals surface area contributed by atoms with Gasteiger partial charge >= 0.3 is 0 Å². The summed E-state index contributed by atoms with van der Waals surface area (Å²) in [4.78, 5) is 2.42. The molecule has 7 heteroatoms. The van der Waals surface area contributed by atoms with E-state index in [1.54, 1.807) is 24.3 Å². The van der Waals surface area contributed by atoms with E-state index >= 15 is 0 Å². The van der Waals surface area contributed by atoms with Crippen molar-refractivity contribution in [1.29, 1.82) is 0 Å². The van der Waals surface area contributed by atoms with Gasteiger partial charge in [0.1, 0.15) is 4.99 Å². The van der Waals surface area contributed by atoms with Crippen molar-refractivity contribution in [2.75, 3.05) is 26.7 Å². The van der Waals surface area contributed by atoms with Gasteiger partial charge in [-0.3, -0.25) is 0 Å². The molecule has 1 fully saturated rings. The molecule has 0 bridgehead atoms. The van der Waals surface area contributed by atoms with Crippen molar-refractivity contribution in [3.05, 3.63) is 29.8 Å². The van der Waals surface area contributed by atoms with E-state index in [1.807, 2.05) is 14.0 Å². The summed E-state index contributed by atoms with van der Waals surface area (Å²) in [5.41, 5.74) is 6.05. The van der Waals surface area contributed by atoms with Gasteiger partial charge in [0.05, 0.1) is 4.90 Å². The molecule has 1 aromatic carbocycles. The van der Waals surface area contributed by atoms with Crippen molar-refractivity contribution in [3.63, 3.8) is 0 Å². The van der Waals surface area contributed by atoms with Crippen LogP contribution in [0.3, 0.4) is 0 Å². The summed E-state index contributed by atoms with van der Waals surface area (Å²) in [7, 11) is -1.58. The van der Waals surface area contributed by atoms with Crippen LogP contribution in [0.4, 0.5) is 0 Å². The number of hydrogen-bond acceptors (Lipinski definition) is 4. The molecular formula is C13H19N3O2S2. The normalized spacial score (nSPS) is 21.8. The van der Waals surface area contributed by atoms with Crippen LogP contribution in [-0.2, 0) is 10.0 Å². The highest BCUT2D eigenvalue weighted by Crippen LogP contribution is 2.23. The van der Waals surface area contributed by atoms with Gasteiger partial charge < -0.3 is 10.6 Å². The molecule has 0 aromatic heterocycles. The van der Waals surface area contributed by atoms with Gasteiger partial charge in [-0.15, -0.1) is 0 Å². The van der Waals surface area contributed by atoms with E-state index < -0.39 is 10.0 Å². The van der Waals surface area contributed by atoms with E-state index in [1.165, 1.54) is 4.31 Å². The minimum atomic E-state index is -3.57. The van der Waals surface area contributed by atoms with Gasteiger partial charge in [0.25, 0.3) is 0 Å². The SMILES string of the molecule is CC1CN(C)CCN1S(=O)(=O)c1ccccc1C(N)=S. The standard InChI is InChI=1S/C13H19N3O2S2/c1-10-9-15(2)7-8-16(10)20(17,18)12-6-4-3-5-11(12)13(14)19/h3-6,10H,7-9H2,1-2H3,(H2,14,19). The summed E-state index contributed by atoms with van der Waals surface area (Å²) in [6.45, 7) is 3.83. The van der Waals surface area contributed by atoms with Crippen molar-refractivity contribution in [2.24, 2.45) is 5.73 Å². The van der Waals surface area contributed by atoms with Crippen molar-refractivity contribution in [2.45, 2.75) is 17.9 Å². The van der Waals surface area contributed by atoms with Crippen LogP contribution in [-0.4, -0.2) is 55.3 Å². The number of nitrogens with zero attached hydrogens (tertiary/aromatic N) is 2. The second-order valence-electron chi connectivity index (χ2n) is 5.09. The average molecular weight is 313 g/mol. The smallest absolute Gasteiger partial charge is 0.244 e. The van der Waals surface area contributed by atoms with Gasteiger partial charge in [0.2, 0.25) is 10.0 Å². The van der Waals surface area contributed by atoms with Gasteiger partial charge in [0, 0.05) is 31.2 Å². The number of thiocarbonyl (C=S) groups is 1. The molecule has 0 amide bonds. The first-order chi connectivity index (χ1) is 9.34. The molecular weight excluding hydrogens is 294 g/mol. The van der Waals surface area contributed by atoms with Gasteiger partial charge in [-0.1, -0.05) is 30.4 Å². The van der Waals surface area contributed by atoms with Crippen LogP contribution in [0, 0.1) is 0 Å². The molecule has 2 rings (SSSR count). The van der Waals surface area contributed by atoms with E-state index in [0.717, 1.165) is 6.54 Å². The molecule has 1 heterocycles. The topological polar surface area (TPSA) is 66.6 Å². The first-order valence-corrected chi connectivity index (χ1v) is 8.28. The minimum Gasteiger partial charge on any atom is -0.389 e. The molecule has 110 valence electrons. The highest BCUT2D eigenvalue weighted by Gasteiger charge is 2.34. The summed E-state index contributed by atoms with van der Waals surface area (Å²) in [5.74, 6) is 0. The summed E-state index contributed by atoms with van der Waals surface area (Å²) in [5, 5.41) is 0. The van der Waals surface area contributed by atoms with E-state index in [2.05, 4.69) is 4.90 Å². The van der Waals surface area contributed by atoms with Gasteiger partial charge in [-0.2, -0.15) is 4.31 Å². The quantitative estimate of drug-likeness (QED) is 0.830. The largest absolute Gasteiger partial charge is 0.389 e. The van der Waals surface area contributed by atoms with Crippen LogP contribution in [0.5, 0.6) is 0 Å². The second-order valence-corrected chi connectivity index (χ2v) is 7.39. The lowest BCUT2D eigenvalue weighted by Crippen LogP contribution is -2.52. The highest BCUT2D eigenvalue weighted by atomic mass is 32.2. The number of sulfonamides is 1. The Labute approximate surface area is 125 Å². The Bertz CT molecular complexity index is 616. The number of rotatable bonds is 3. The Morgan fingerprint density at radius 3 is 2.60 bits per heavy atom. The zero-order valence-corrected chi connectivity index (χ0v) is 13.2. The van der Waals surface area contributed by atoms with Crippen LogP contribution in [0.15, 0.2) is 29.2 Å². The summed E-state index contributed by atoms with van der Waals surface area (Å²) in [6, 6.07) is 6.57. The van der Waals surface area contributed by atoms with Crippen LogP contribution >= 0.6 is 12.2 Å². The van der Waals surface area contributed by atoms with Gasteiger partial charge in [-0.05, 0) is 20.0 Å². The summed E-state index contributed by atoms with van der Waals surface area (Å²) >= 11 is 4.95. The van der Waals surface area contributed by atoms with Crippen LogP contribution in [0.25, 0.3) is 0 Å². The lowest BCUT2D eigenvalue weighted by atomic mass is 10.2. The average Bonchev–Trinajstić information content (AvgIpc) is 2.38. The van der Waals surface area contributed by atoms with Crippen LogP contribution in [0.1, 0.15) is 12.5 Å². The number of hydrogen-bond donors (Lipinski definition) is 1. The Morgan fingerprint density at radius 2 is 2.00 bits per heavy atom. The molecule has 0 saturated carbocycles. The van der Waals surface area contributed by atoms with Gasteiger partial charge in [0.15, 0.2) is 0 Å². The number of piperazine rings is 1. The molecule has 0 spiro atoms. The highest BCUT2D eigenvalue weighted by molar-refractivity contribution is 7.89. The first-order valence-electron chi connectivity index (χ1n) is 6.43. The summed E-state index contributed by atoms with van der Waals surface area (Å²) in [6.07, 6.45) is 0. The van der Waals surface area contributed by atoms with Crippen molar-refractivity contribution in [1.82, 2.24) is 9.21 Å². The molecule has 0 aliphatic carbocycles. The Balaban J connectivity index is 2.43. The fraction of sp³-hybridized carbons (Fsp3) is 0.462. The lowest BCUT2D eigenvalue weighted by Gasteiger charge is -2.37. The van der Waals surface area contributed by atoms with Crippen LogP contribution in [0.2, 0.25) is 0 Å². The van der Waals surface area contributed by atoms with Crippen molar-refractivity contribution >= 4 is 27.2 Å². The lowest BCUT2D eigenvalue weighted by molar-refractivity contribution is 0.170. The number of nitrogens with two attached hydrogens (primary N) is 1. The van der Waals surface area contributed by atoms with E-state index in [0.29, 0.717) is 18.7 Å². The molecule has 20 heavy (non-hydrogen) atoms. The van der Waals surface area contributed by atoms with E-state index in [4.69, 9.17) is 18.0 Å². The maximum Gasteiger partial charge on any atom is 0.244 e. The molecule has 2 N–H and O–H groups in total. The maximum atomic E-state index is 12.8. The predicted molar refractivity (Wildman–Crippen MR) is 83.2 cm³/mol. The number of likely N-dealkylation sites (N-methyl/N-ethyl adjacent to an activating group) is 1. The third-order valence-corrected chi connectivity index (χ3v) is 5.80. The fourth-order valence-electron chi connectivity index (χ4n) is 2.50. The van der Waals surface area contributed by atoms with Gasteiger partial charge in [-0.25, -0.2) is 8.42 Å². The van der Waals surface area contributed by atoms with E-state index in [9.17, 15) is 8.42 Å². The molecule has 1 unspecified atom stereocenters. The molecule has 1 aliphatic rings. The number of benzene rings is 1. The Morgan fingerprint density at radius 1 is 1.35 bits per heavy atom. The Hall–Kier alpha value is -1.02. The monoisotopic (exact) mass is 313 g/mol. The molecule has 1 saturated heterocycles. The summed E-state index contributed by atoms with van der Waals surface area (Å²) < 4.78 is 27.2. The molecule has 1 aliphatic heterocycles. The molecule has 5 nitrogen and oxygen atoms in total. The zero-order valence-electron chi connectivity index (χ0n) is 11.6. The third kappa shape index (κ3) is 2.85. The Kier molecular flexibility index (Phi) is 4.43. The molecule has 1 atom stereocenters. The minimum absolute atomic E-state index is 0.0712. The van der Waals surface area contributed by atoms with E-state index in [-0.39, 0.29) is 15.9 Å². The van der Waals surface area contributed by atoms with Crippen LogP contribution < -0.4 is 5.73 Å². The maximum absolute atomic E-state index is 12.8. The van der Waals surface area contributed by atoms with Crippen molar-refractivity contribution in [3.8, 4) is 0 Å². The second kappa shape index (κ2) is 5.77. The predicted octanol–water partition coefficient (Wildman–Crippen LogP) is 0.645. The van der Waals surface area contributed by atoms with Crippen molar-refractivity contribution < 1.29 is 8.42 Å².